The summed E-state index contributed by atoms with van der Waals surface area (Å²) in [7, 11) is 0. The maximum atomic E-state index is 13.6. The minimum Gasteiger partial charge on any atom is -0.342 e. The van der Waals surface area contributed by atoms with Crippen LogP contribution in [0.15, 0.2) is 29.7 Å². The van der Waals surface area contributed by atoms with Crippen molar-refractivity contribution in [2.45, 2.75) is 57.4 Å². The molecule has 0 aromatic carbocycles. The van der Waals surface area contributed by atoms with E-state index in [0.29, 0.717) is 50.2 Å². The lowest BCUT2D eigenvalue weighted by Gasteiger charge is -2.41. The van der Waals surface area contributed by atoms with Crippen molar-refractivity contribution in [2.75, 3.05) is 19.6 Å². The van der Waals surface area contributed by atoms with E-state index in [1.165, 1.54) is 9.78 Å². The van der Waals surface area contributed by atoms with Gasteiger partial charge in [0.15, 0.2) is 0 Å². The lowest BCUT2D eigenvalue weighted by atomic mass is 9.74. The first-order chi connectivity index (χ1) is 15.5. The summed E-state index contributed by atoms with van der Waals surface area (Å²) < 4.78 is 0. The van der Waals surface area contributed by atoms with Gasteiger partial charge in [0.25, 0.3) is 5.91 Å². The zero-order chi connectivity index (χ0) is 22.3. The average Bonchev–Trinajstić information content (AvgIpc) is 3.59. The fourth-order valence-corrected chi connectivity index (χ4v) is 7.16. The van der Waals surface area contributed by atoms with E-state index in [-0.39, 0.29) is 23.8 Å². The van der Waals surface area contributed by atoms with Crippen LogP contribution in [-0.2, 0) is 16.0 Å². The number of imide groups is 1. The second-order valence-electron chi connectivity index (χ2n) is 9.92. The number of piperidine rings is 1. The number of carbonyl (C=O) groups is 3. The Morgan fingerprint density at radius 2 is 2.03 bits per heavy atom. The topological polar surface area (TPSA) is 69.7 Å². The van der Waals surface area contributed by atoms with Crippen LogP contribution in [-0.4, -0.2) is 52.8 Å². The van der Waals surface area contributed by atoms with Crippen LogP contribution in [0.4, 0.5) is 4.79 Å². The molecule has 1 aromatic heterocycles. The molecule has 3 fully saturated rings. The first kappa shape index (κ1) is 21.7. The van der Waals surface area contributed by atoms with Gasteiger partial charge < -0.3 is 10.2 Å². The van der Waals surface area contributed by atoms with Crippen molar-refractivity contribution in [1.29, 1.82) is 0 Å². The molecule has 1 N–H and O–H groups in total. The molecule has 32 heavy (non-hydrogen) atoms. The molecule has 2 bridgehead atoms. The summed E-state index contributed by atoms with van der Waals surface area (Å²) in [6, 6.07) is 3.78. The summed E-state index contributed by atoms with van der Waals surface area (Å²) in [6.45, 7) is 3.86. The summed E-state index contributed by atoms with van der Waals surface area (Å²) in [5.41, 5.74) is -0.814. The van der Waals surface area contributed by atoms with Crippen LogP contribution in [0.3, 0.4) is 0 Å². The minimum absolute atomic E-state index is 0.0658. The van der Waals surface area contributed by atoms with Crippen LogP contribution in [0.1, 0.15) is 50.3 Å². The third-order valence-corrected chi connectivity index (χ3v) is 9.04. The molecular formula is C25H33N3O3S. The van der Waals surface area contributed by atoms with E-state index >= 15 is 0 Å². The van der Waals surface area contributed by atoms with Gasteiger partial charge in [-0.1, -0.05) is 31.6 Å². The zero-order valence-electron chi connectivity index (χ0n) is 18.8. The number of hydrogen-bond donors (Lipinski definition) is 1. The number of nitrogens with one attached hydrogen (secondary N) is 1. The average molecular weight is 456 g/mol. The van der Waals surface area contributed by atoms with Crippen molar-refractivity contribution < 1.29 is 14.4 Å². The number of hydrogen-bond acceptors (Lipinski definition) is 4. The van der Waals surface area contributed by atoms with Crippen molar-refractivity contribution in [3.8, 4) is 0 Å². The smallest absolute Gasteiger partial charge is 0.325 e. The van der Waals surface area contributed by atoms with Gasteiger partial charge in [0.2, 0.25) is 5.91 Å². The number of amides is 4. The summed E-state index contributed by atoms with van der Waals surface area (Å²) >= 11 is 1.65. The Labute approximate surface area is 194 Å². The molecule has 1 saturated carbocycles. The largest absolute Gasteiger partial charge is 0.342 e. The molecule has 7 heteroatoms. The molecule has 4 atom stereocenters. The molecule has 1 unspecified atom stereocenters. The summed E-state index contributed by atoms with van der Waals surface area (Å²) in [5.74, 6) is 1.46. The van der Waals surface area contributed by atoms with Gasteiger partial charge in [-0.05, 0) is 67.7 Å². The van der Waals surface area contributed by atoms with Crippen molar-refractivity contribution in [3.63, 3.8) is 0 Å². The van der Waals surface area contributed by atoms with Gasteiger partial charge in [0.05, 0.1) is 0 Å². The van der Waals surface area contributed by atoms with Crippen molar-refractivity contribution >= 4 is 29.2 Å². The highest BCUT2D eigenvalue weighted by molar-refractivity contribution is 7.09. The Kier molecular flexibility index (Phi) is 5.86. The fourth-order valence-electron chi connectivity index (χ4n) is 6.46. The Morgan fingerprint density at radius 3 is 2.66 bits per heavy atom. The third kappa shape index (κ3) is 3.68. The summed E-state index contributed by atoms with van der Waals surface area (Å²) in [6.07, 6.45) is 10.4. The van der Waals surface area contributed by atoms with Crippen LogP contribution in [0, 0.1) is 23.7 Å². The van der Waals surface area contributed by atoms with Crippen LogP contribution in [0.2, 0.25) is 0 Å². The normalized spacial score (nSPS) is 32.2. The number of urea groups is 1. The SMILES string of the molecule is CCCC1(C2CCN(C(=O)[C@@H]3C[C@H]4C=C[C@@H]3C4)CC2)NC(=O)N(CCc2cccs2)C1=O. The lowest BCUT2D eigenvalue weighted by Crippen LogP contribution is -2.57. The van der Waals surface area contributed by atoms with E-state index < -0.39 is 5.54 Å². The molecular weight excluding hydrogens is 422 g/mol. The van der Waals surface area contributed by atoms with Crippen LogP contribution in [0.5, 0.6) is 0 Å². The maximum absolute atomic E-state index is 13.6. The molecule has 172 valence electrons. The number of allylic oxidation sites excluding steroid dienone is 2. The molecule has 4 aliphatic rings. The van der Waals surface area contributed by atoms with Gasteiger partial charge in [-0.2, -0.15) is 0 Å². The highest BCUT2D eigenvalue weighted by Gasteiger charge is 2.55. The number of thiophene rings is 1. The van der Waals surface area contributed by atoms with Crippen molar-refractivity contribution in [1.82, 2.24) is 15.1 Å². The van der Waals surface area contributed by atoms with E-state index in [1.54, 1.807) is 11.3 Å². The molecule has 2 aliphatic carbocycles. The molecule has 6 nitrogen and oxygen atoms in total. The predicted octanol–water partition coefficient (Wildman–Crippen LogP) is 3.83. The van der Waals surface area contributed by atoms with Gasteiger partial charge in [-0.3, -0.25) is 14.5 Å². The van der Waals surface area contributed by atoms with Crippen LogP contribution >= 0.6 is 11.3 Å². The minimum atomic E-state index is -0.814. The Morgan fingerprint density at radius 1 is 1.22 bits per heavy atom. The predicted molar refractivity (Wildman–Crippen MR) is 124 cm³/mol. The number of likely N-dealkylation sites (tertiary alicyclic amines) is 1. The highest BCUT2D eigenvalue weighted by Crippen LogP contribution is 2.45. The molecule has 4 amide bonds. The van der Waals surface area contributed by atoms with Gasteiger partial charge in [-0.15, -0.1) is 11.3 Å². The Balaban J connectivity index is 1.24. The zero-order valence-corrected chi connectivity index (χ0v) is 19.6. The lowest BCUT2D eigenvalue weighted by molar-refractivity contribution is -0.139. The second kappa shape index (κ2) is 8.65. The molecule has 1 aromatic rings. The summed E-state index contributed by atoms with van der Waals surface area (Å²) in [4.78, 5) is 44.1. The van der Waals surface area contributed by atoms with Gasteiger partial charge in [0, 0.05) is 30.4 Å². The third-order valence-electron chi connectivity index (χ3n) is 8.11. The van der Waals surface area contributed by atoms with E-state index in [0.717, 1.165) is 32.1 Å². The highest BCUT2D eigenvalue weighted by atomic mass is 32.1. The standard InChI is InChI=1S/C25H33N3O3S/c1-2-10-25(23(30)28(24(31)26-25)13-9-20-4-3-14-32-20)19-7-11-27(12-8-19)22(29)21-16-17-5-6-18(21)15-17/h3-6,14,17-19,21H,2,7-13,15-16H2,1H3,(H,26,31)/t17-,18+,21+,25?/m0/s1. The van der Waals surface area contributed by atoms with E-state index in [1.807, 2.05) is 22.4 Å². The monoisotopic (exact) mass is 455 g/mol. The molecule has 2 aliphatic heterocycles. The van der Waals surface area contributed by atoms with Crippen LogP contribution in [0.25, 0.3) is 0 Å². The Hall–Kier alpha value is -2.15. The number of rotatable bonds is 7. The van der Waals surface area contributed by atoms with Crippen LogP contribution < -0.4 is 5.32 Å². The van der Waals surface area contributed by atoms with Gasteiger partial charge in [0.1, 0.15) is 5.54 Å². The van der Waals surface area contributed by atoms with Gasteiger partial charge >= 0.3 is 6.03 Å². The Bertz CT molecular complexity index is 906. The van der Waals surface area contributed by atoms with E-state index in [9.17, 15) is 14.4 Å². The van der Waals surface area contributed by atoms with E-state index in [4.69, 9.17) is 0 Å². The molecule has 3 heterocycles. The quantitative estimate of drug-likeness (QED) is 0.502. The number of fused-ring (bicyclic) bond motifs is 2. The number of carbonyl (C=O) groups excluding carboxylic acids is 3. The maximum Gasteiger partial charge on any atom is 0.325 e. The van der Waals surface area contributed by atoms with Gasteiger partial charge in [-0.25, -0.2) is 4.79 Å². The fraction of sp³-hybridized carbons (Fsp3) is 0.640. The first-order valence-corrected chi connectivity index (χ1v) is 13.0. The number of nitrogens with zero attached hydrogens (tertiary/aromatic N) is 2. The molecule has 2 saturated heterocycles. The first-order valence-electron chi connectivity index (χ1n) is 12.2. The van der Waals surface area contributed by atoms with Crippen molar-refractivity contribution in [2.24, 2.45) is 23.7 Å². The second-order valence-corrected chi connectivity index (χ2v) is 11.0. The summed E-state index contributed by atoms with van der Waals surface area (Å²) in [5, 5.41) is 5.14. The van der Waals surface area contributed by atoms with Crippen molar-refractivity contribution in [3.05, 3.63) is 34.5 Å². The molecule has 0 radical (unpaired) electrons. The molecule has 5 rings (SSSR count). The van der Waals surface area contributed by atoms with E-state index in [2.05, 4.69) is 24.4 Å². The molecule has 0 spiro atoms.